The van der Waals surface area contributed by atoms with E-state index in [9.17, 15) is 5.11 Å². The van der Waals surface area contributed by atoms with Crippen molar-refractivity contribution in [3.8, 4) is 11.5 Å². The summed E-state index contributed by atoms with van der Waals surface area (Å²) in [6.07, 6.45) is 2.11. The minimum absolute atomic E-state index is 0.281. The molecule has 1 aliphatic rings. The van der Waals surface area contributed by atoms with Crippen molar-refractivity contribution in [1.82, 2.24) is 5.32 Å². The number of phenolic OH excluding ortho intramolecular Hbond substituents is 1. The largest absolute Gasteiger partial charge is 0.504 e. The fraction of sp³-hybridized carbons (Fsp3) is 0.500. The first-order chi connectivity index (χ1) is 7.74. The van der Waals surface area contributed by atoms with Crippen LogP contribution in [-0.4, -0.2) is 25.3 Å². The zero-order valence-corrected chi connectivity index (χ0v) is 10.9. The molecule has 1 heterocycles. The number of hydrogen-bond donors (Lipinski definition) is 2. The molecule has 0 aliphatic carbocycles. The predicted molar refractivity (Wildman–Crippen MR) is 67.2 cm³/mol. The van der Waals surface area contributed by atoms with Crippen LogP contribution in [0, 0.1) is 0 Å². The predicted octanol–water partition coefficient (Wildman–Crippen LogP) is 2.63. The van der Waals surface area contributed by atoms with Gasteiger partial charge in [-0.15, -0.1) is 0 Å². The van der Waals surface area contributed by atoms with Gasteiger partial charge < -0.3 is 15.2 Å². The van der Waals surface area contributed by atoms with Crippen LogP contribution in [0.3, 0.4) is 0 Å². The fourth-order valence-electron chi connectivity index (χ4n) is 2.23. The van der Waals surface area contributed by atoms with Crippen LogP contribution < -0.4 is 10.1 Å². The molecule has 0 aromatic heterocycles. The Labute approximate surface area is 104 Å². The normalized spacial score (nSPS) is 17.4. The number of halogens is 1. The van der Waals surface area contributed by atoms with Gasteiger partial charge in [0.2, 0.25) is 0 Å². The standard InChI is InChI=1S/C12H16BrNO2/c1-16-10-3-2-9(13)11(12(10)15)8-4-6-14-7-5-8/h2-3,8,14-15H,4-7H2,1H3. The Hall–Kier alpha value is -0.740. The molecule has 88 valence electrons. The van der Waals surface area contributed by atoms with Crippen molar-refractivity contribution < 1.29 is 9.84 Å². The number of phenols is 1. The molecule has 3 nitrogen and oxygen atoms in total. The van der Waals surface area contributed by atoms with E-state index in [2.05, 4.69) is 21.2 Å². The summed E-state index contributed by atoms with van der Waals surface area (Å²) in [4.78, 5) is 0. The first kappa shape index (κ1) is 11.7. The third-order valence-corrected chi connectivity index (χ3v) is 3.79. The van der Waals surface area contributed by atoms with Gasteiger partial charge in [-0.25, -0.2) is 0 Å². The Balaban J connectivity index is 2.37. The third-order valence-electron chi connectivity index (χ3n) is 3.09. The molecule has 1 aromatic rings. The molecule has 2 rings (SSSR count). The van der Waals surface area contributed by atoms with Crippen LogP contribution >= 0.6 is 15.9 Å². The molecule has 0 amide bonds. The smallest absolute Gasteiger partial charge is 0.162 e. The zero-order valence-electron chi connectivity index (χ0n) is 9.29. The SMILES string of the molecule is COc1ccc(Br)c(C2CCNCC2)c1O. The van der Waals surface area contributed by atoms with Crippen molar-refractivity contribution in [2.45, 2.75) is 18.8 Å². The number of rotatable bonds is 2. The van der Waals surface area contributed by atoms with Crippen molar-refractivity contribution in [2.75, 3.05) is 20.2 Å². The van der Waals surface area contributed by atoms with Crippen LogP contribution in [0.2, 0.25) is 0 Å². The van der Waals surface area contributed by atoms with Crippen LogP contribution in [0.1, 0.15) is 24.3 Å². The van der Waals surface area contributed by atoms with Gasteiger partial charge in [-0.1, -0.05) is 15.9 Å². The Bertz CT molecular complexity index is 376. The summed E-state index contributed by atoms with van der Waals surface area (Å²) in [7, 11) is 1.58. The van der Waals surface area contributed by atoms with E-state index in [4.69, 9.17) is 4.74 Å². The minimum atomic E-state index is 0.281. The average molecular weight is 286 g/mol. The molecule has 0 saturated carbocycles. The van der Waals surface area contributed by atoms with E-state index in [1.807, 2.05) is 6.07 Å². The Morgan fingerprint density at radius 3 is 2.69 bits per heavy atom. The van der Waals surface area contributed by atoms with Crippen molar-refractivity contribution >= 4 is 15.9 Å². The maximum Gasteiger partial charge on any atom is 0.162 e. The highest BCUT2D eigenvalue weighted by molar-refractivity contribution is 9.10. The van der Waals surface area contributed by atoms with Crippen LogP contribution in [0.4, 0.5) is 0 Å². The number of benzene rings is 1. The average Bonchev–Trinajstić information content (AvgIpc) is 2.31. The highest BCUT2D eigenvalue weighted by Gasteiger charge is 2.22. The van der Waals surface area contributed by atoms with Gasteiger partial charge in [0, 0.05) is 10.0 Å². The van der Waals surface area contributed by atoms with Crippen molar-refractivity contribution in [3.05, 3.63) is 22.2 Å². The zero-order chi connectivity index (χ0) is 11.5. The summed E-state index contributed by atoms with van der Waals surface area (Å²) in [5.41, 5.74) is 0.987. The molecular weight excluding hydrogens is 270 g/mol. The summed E-state index contributed by atoms with van der Waals surface area (Å²) in [5, 5.41) is 13.5. The van der Waals surface area contributed by atoms with E-state index >= 15 is 0 Å². The Kier molecular flexibility index (Phi) is 3.71. The highest BCUT2D eigenvalue weighted by Crippen LogP contribution is 2.42. The van der Waals surface area contributed by atoms with Gasteiger partial charge in [0.15, 0.2) is 11.5 Å². The lowest BCUT2D eigenvalue weighted by Gasteiger charge is -2.25. The molecule has 1 aliphatic heterocycles. The monoisotopic (exact) mass is 285 g/mol. The second-order valence-corrected chi connectivity index (χ2v) is 4.89. The second kappa shape index (κ2) is 5.06. The Morgan fingerprint density at radius 1 is 1.38 bits per heavy atom. The highest BCUT2D eigenvalue weighted by atomic mass is 79.9. The molecule has 1 fully saturated rings. The van der Waals surface area contributed by atoms with E-state index in [1.165, 1.54) is 0 Å². The van der Waals surface area contributed by atoms with Gasteiger partial charge in [-0.3, -0.25) is 0 Å². The number of hydrogen-bond acceptors (Lipinski definition) is 3. The van der Waals surface area contributed by atoms with E-state index in [-0.39, 0.29) is 5.75 Å². The quantitative estimate of drug-likeness (QED) is 0.878. The molecular formula is C12H16BrNO2. The molecule has 1 saturated heterocycles. The molecule has 0 atom stereocenters. The number of ether oxygens (including phenoxy) is 1. The topological polar surface area (TPSA) is 41.5 Å². The van der Waals surface area contributed by atoms with Crippen LogP contribution in [0.15, 0.2) is 16.6 Å². The summed E-state index contributed by atoms with van der Waals surface area (Å²) < 4.78 is 6.12. The molecule has 0 spiro atoms. The van der Waals surface area contributed by atoms with Gasteiger partial charge in [0.25, 0.3) is 0 Å². The molecule has 16 heavy (non-hydrogen) atoms. The van der Waals surface area contributed by atoms with Crippen LogP contribution in [0.25, 0.3) is 0 Å². The fourth-order valence-corrected chi connectivity index (χ4v) is 2.87. The molecule has 4 heteroatoms. The lowest BCUT2D eigenvalue weighted by Crippen LogP contribution is -2.26. The maximum absolute atomic E-state index is 10.1. The van der Waals surface area contributed by atoms with Crippen LogP contribution in [-0.2, 0) is 0 Å². The first-order valence-corrected chi connectivity index (χ1v) is 6.29. The van der Waals surface area contributed by atoms with Gasteiger partial charge in [-0.05, 0) is 44.0 Å². The summed E-state index contributed by atoms with van der Waals surface area (Å²) in [6.45, 7) is 2.02. The van der Waals surface area contributed by atoms with E-state index in [1.54, 1.807) is 13.2 Å². The number of aromatic hydroxyl groups is 1. The number of methoxy groups -OCH3 is 1. The molecule has 2 N–H and O–H groups in total. The van der Waals surface area contributed by atoms with Crippen molar-refractivity contribution in [2.24, 2.45) is 0 Å². The number of nitrogens with one attached hydrogen (secondary N) is 1. The Morgan fingerprint density at radius 2 is 2.06 bits per heavy atom. The molecule has 1 aromatic carbocycles. The molecule has 0 bridgehead atoms. The van der Waals surface area contributed by atoms with Gasteiger partial charge in [0.05, 0.1) is 7.11 Å². The first-order valence-electron chi connectivity index (χ1n) is 5.50. The third kappa shape index (κ3) is 2.18. The summed E-state index contributed by atoms with van der Waals surface area (Å²) in [5.74, 6) is 1.24. The maximum atomic E-state index is 10.1. The van der Waals surface area contributed by atoms with Crippen molar-refractivity contribution in [3.63, 3.8) is 0 Å². The minimum Gasteiger partial charge on any atom is -0.504 e. The molecule has 0 unspecified atom stereocenters. The van der Waals surface area contributed by atoms with E-state index in [0.29, 0.717) is 11.7 Å². The van der Waals surface area contributed by atoms with Gasteiger partial charge in [-0.2, -0.15) is 0 Å². The van der Waals surface area contributed by atoms with Crippen molar-refractivity contribution in [1.29, 1.82) is 0 Å². The summed E-state index contributed by atoms with van der Waals surface area (Å²) in [6, 6.07) is 3.72. The number of piperidine rings is 1. The lowest BCUT2D eigenvalue weighted by atomic mass is 9.89. The van der Waals surface area contributed by atoms with Gasteiger partial charge >= 0.3 is 0 Å². The van der Waals surface area contributed by atoms with Crippen LogP contribution in [0.5, 0.6) is 11.5 Å². The van der Waals surface area contributed by atoms with Gasteiger partial charge in [0.1, 0.15) is 0 Å². The van der Waals surface area contributed by atoms with E-state index < -0.39 is 0 Å². The molecule has 0 radical (unpaired) electrons. The van der Waals surface area contributed by atoms with E-state index in [0.717, 1.165) is 36.0 Å². The lowest BCUT2D eigenvalue weighted by molar-refractivity contribution is 0.362. The summed E-state index contributed by atoms with van der Waals surface area (Å²) >= 11 is 3.51. The second-order valence-electron chi connectivity index (χ2n) is 4.04.